The second kappa shape index (κ2) is 6.63. The third-order valence-corrected chi connectivity index (χ3v) is 3.62. The van der Waals surface area contributed by atoms with Crippen molar-refractivity contribution in [2.45, 2.75) is 19.4 Å². The summed E-state index contributed by atoms with van der Waals surface area (Å²) in [6.45, 7) is 2.67. The summed E-state index contributed by atoms with van der Waals surface area (Å²) in [5.41, 5.74) is 0.478. The van der Waals surface area contributed by atoms with Gasteiger partial charge in [-0.25, -0.2) is 0 Å². The summed E-state index contributed by atoms with van der Waals surface area (Å²) < 4.78 is 5.25. The van der Waals surface area contributed by atoms with Gasteiger partial charge in [0, 0.05) is 13.3 Å². The molecule has 0 radical (unpaired) electrons. The Balaban J connectivity index is 1.96. The summed E-state index contributed by atoms with van der Waals surface area (Å²) in [7, 11) is 1.65. The van der Waals surface area contributed by atoms with Crippen LogP contribution in [-0.2, 0) is 16.1 Å². The summed E-state index contributed by atoms with van der Waals surface area (Å²) >= 11 is 0. The Labute approximate surface area is 113 Å². The molecule has 104 valence electrons. The molecule has 2 heterocycles. The smallest absolute Gasteiger partial charge is 0.228 e. The molecular weight excluding hydrogens is 242 g/mol. The van der Waals surface area contributed by atoms with Gasteiger partial charge in [0.15, 0.2) is 0 Å². The highest BCUT2D eigenvalue weighted by Crippen LogP contribution is 2.29. The number of amides is 1. The molecule has 0 atom stereocenters. The standard InChI is InChI=1S/C14H21N3O2/c1-19-11-14(5-8-15-9-6-14)13(18)17-10-12-4-2-3-7-16-12/h2-4,7,15H,5-6,8-11H2,1H3,(H,17,18). The summed E-state index contributed by atoms with van der Waals surface area (Å²) in [5.74, 6) is 0.0708. The lowest BCUT2D eigenvalue weighted by Crippen LogP contribution is -2.50. The Kier molecular flexibility index (Phi) is 4.87. The highest BCUT2D eigenvalue weighted by molar-refractivity contribution is 5.82. The van der Waals surface area contributed by atoms with Crippen LogP contribution in [0.3, 0.4) is 0 Å². The molecule has 5 nitrogen and oxygen atoms in total. The number of hydrogen-bond donors (Lipinski definition) is 2. The van der Waals surface area contributed by atoms with Gasteiger partial charge in [-0.3, -0.25) is 9.78 Å². The van der Waals surface area contributed by atoms with Gasteiger partial charge in [0.25, 0.3) is 0 Å². The van der Waals surface area contributed by atoms with Crippen molar-refractivity contribution in [2.24, 2.45) is 5.41 Å². The third-order valence-electron chi connectivity index (χ3n) is 3.62. The molecule has 1 aliphatic rings. The first-order valence-electron chi connectivity index (χ1n) is 6.65. The third kappa shape index (κ3) is 3.52. The van der Waals surface area contributed by atoms with Crippen LogP contribution in [0.15, 0.2) is 24.4 Å². The molecule has 19 heavy (non-hydrogen) atoms. The maximum atomic E-state index is 12.4. The van der Waals surface area contributed by atoms with Gasteiger partial charge < -0.3 is 15.4 Å². The number of carbonyl (C=O) groups excluding carboxylic acids is 1. The van der Waals surface area contributed by atoms with E-state index >= 15 is 0 Å². The van der Waals surface area contributed by atoms with Crippen LogP contribution >= 0.6 is 0 Å². The predicted octanol–water partition coefficient (Wildman–Crippen LogP) is 0.714. The number of nitrogens with zero attached hydrogens (tertiary/aromatic N) is 1. The van der Waals surface area contributed by atoms with Crippen molar-refractivity contribution in [3.05, 3.63) is 30.1 Å². The fourth-order valence-corrected chi connectivity index (χ4v) is 2.48. The Bertz CT molecular complexity index is 397. The van der Waals surface area contributed by atoms with Crippen LogP contribution in [0, 0.1) is 5.41 Å². The summed E-state index contributed by atoms with van der Waals surface area (Å²) in [6.07, 6.45) is 3.36. The van der Waals surface area contributed by atoms with E-state index in [1.807, 2.05) is 18.2 Å². The molecule has 1 saturated heterocycles. The van der Waals surface area contributed by atoms with E-state index in [-0.39, 0.29) is 5.91 Å². The van der Waals surface area contributed by atoms with Gasteiger partial charge in [0.05, 0.1) is 24.3 Å². The number of ether oxygens (including phenoxy) is 1. The lowest BCUT2D eigenvalue weighted by atomic mass is 9.78. The minimum atomic E-state index is -0.394. The lowest BCUT2D eigenvalue weighted by molar-refractivity contribution is -0.136. The summed E-state index contributed by atoms with van der Waals surface area (Å²) in [4.78, 5) is 16.6. The molecular formula is C14H21N3O2. The van der Waals surface area contributed by atoms with Gasteiger partial charge in [-0.05, 0) is 38.1 Å². The van der Waals surface area contributed by atoms with Crippen molar-refractivity contribution in [3.8, 4) is 0 Å². The summed E-state index contributed by atoms with van der Waals surface area (Å²) in [6, 6.07) is 5.69. The molecule has 1 aliphatic heterocycles. The highest BCUT2D eigenvalue weighted by Gasteiger charge is 2.39. The zero-order valence-electron chi connectivity index (χ0n) is 11.3. The minimum absolute atomic E-state index is 0.0708. The average Bonchev–Trinajstić information content (AvgIpc) is 2.47. The second-order valence-electron chi connectivity index (χ2n) is 4.97. The first-order valence-corrected chi connectivity index (χ1v) is 6.65. The van der Waals surface area contributed by atoms with Crippen LogP contribution in [0.25, 0.3) is 0 Å². The molecule has 0 aliphatic carbocycles. The van der Waals surface area contributed by atoms with Gasteiger partial charge in [0.2, 0.25) is 5.91 Å². The molecule has 0 aromatic carbocycles. The normalized spacial score (nSPS) is 17.9. The van der Waals surface area contributed by atoms with Crippen molar-refractivity contribution in [2.75, 3.05) is 26.8 Å². The molecule has 0 unspecified atom stereocenters. The fourth-order valence-electron chi connectivity index (χ4n) is 2.48. The molecule has 1 aromatic rings. The molecule has 0 bridgehead atoms. The van der Waals surface area contributed by atoms with Crippen molar-refractivity contribution < 1.29 is 9.53 Å². The van der Waals surface area contributed by atoms with Gasteiger partial charge in [-0.1, -0.05) is 6.07 Å². The van der Waals surface area contributed by atoms with Crippen molar-refractivity contribution in [3.63, 3.8) is 0 Å². The quantitative estimate of drug-likeness (QED) is 0.821. The molecule has 0 spiro atoms. The number of nitrogens with one attached hydrogen (secondary N) is 2. The van der Waals surface area contributed by atoms with Gasteiger partial charge in [-0.2, -0.15) is 0 Å². The van der Waals surface area contributed by atoms with E-state index in [1.165, 1.54) is 0 Å². The fraction of sp³-hybridized carbons (Fsp3) is 0.571. The number of pyridine rings is 1. The number of rotatable bonds is 5. The van der Waals surface area contributed by atoms with Gasteiger partial charge in [0.1, 0.15) is 0 Å². The molecule has 0 saturated carbocycles. The topological polar surface area (TPSA) is 63.2 Å². The Hall–Kier alpha value is -1.46. The second-order valence-corrected chi connectivity index (χ2v) is 4.97. The Morgan fingerprint density at radius 3 is 2.89 bits per heavy atom. The Morgan fingerprint density at radius 2 is 2.26 bits per heavy atom. The van der Waals surface area contributed by atoms with Crippen LogP contribution in [-0.4, -0.2) is 37.7 Å². The number of carbonyl (C=O) groups is 1. The molecule has 2 rings (SSSR count). The van der Waals surface area contributed by atoms with E-state index in [2.05, 4.69) is 15.6 Å². The molecule has 1 amide bonds. The number of aromatic nitrogens is 1. The van der Waals surface area contributed by atoms with Crippen LogP contribution in [0.2, 0.25) is 0 Å². The summed E-state index contributed by atoms with van der Waals surface area (Å²) in [5, 5.41) is 6.26. The monoisotopic (exact) mass is 263 g/mol. The van der Waals surface area contributed by atoms with E-state index < -0.39 is 5.41 Å². The number of methoxy groups -OCH3 is 1. The molecule has 1 aromatic heterocycles. The maximum Gasteiger partial charge on any atom is 0.228 e. The Morgan fingerprint density at radius 1 is 1.47 bits per heavy atom. The van der Waals surface area contributed by atoms with E-state index in [4.69, 9.17) is 4.74 Å². The minimum Gasteiger partial charge on any atom is -0.384 e. The molecule has 1 fully saturated rings. The number of hydrogen-bond acceptors (Lipinski definition) is 4. The van der Waals surface area contributed by atoms with Gasteiger partial charge >= 0.3 is 0 Å². The number of piperidine rings is 1. The first-order chi connectivity index (χ1) is 9.27. The first kappa shape index (κ1) is 14.0. The van der Waals surface area contributed by atoms with Crippen LogP contribution in [0.5, 0.6) is 0 Å². The zero-order chi connectivity index (χ0) is 13.6. The SMILES string of the molecule is COCC1(C(=O)NCc2ccccn2)CCNCC1. The highest BCUT2D eigenvalue weighted by atomic mass is 16.5. The van der Waals surface area contributed by atoms with Crippen LogP contribution in [0.1, 0.15) is 18.5 Å². The molecule has 5 heteroatoms. The zero-order valence-corrected chi connectivity index (χ0v) is 11.3. The van der Waals surface area contributed by atoms with Crippen molar-refractivity contribution in [1.29, 1.82) is 0 Å². The van der Waals surface area contributed by atoms with Crippen molar-refractivity contribution in [1.82, 2.24) is 15.6 Å². The lowest BCUT2D eigenvalue weighted by Gasteiger charge is -2.35. The van der Waals surface area contributed by atoms with Crippen LogP contribution in [0.4, 0.5) is 0 Å². The molecule has 2 N–H and O–H groups in total. The van der Waals surface area contributed by atoms with E-state index in [0.717, 1.165) is 31.6 Å². The van der Waals surface area contributed by atoms with E-state index in [0.29, 0.717) is 13.2 Å². The maximum absolute atomic E-state index is 12.4. The van der Waals surface area contributed by atoms with E-state index in [9.17, 15) is 4.79 Å². The predicted molar refractivity (Wildman–Crippen MR) is 72.5 cm³/mol. The van der Waals surface area contributed by atoms with E-state index in [1.54, 1.807) is 13.3 Å². The largest absolute Gasteiger partial charge is 0.384 e. The van der Waals surface area contributed by atoms with Crippen molar-refractivity contribution >= 4 is 5.91 Å². The van der Waals surface area contributed by atoms with Gasteiger partial charge in [-0.15, -0.1) is 0 Å². The van der Waals surface area contributed by atoms with Crippen LogP contribution < -0.4 is 10.6 Å². The average molecular weight is 263 g/mol.